The van der Waals surface area contributed by atoms with Gasteiger partial charge in [-0.15, -0.1) is 0 Å². The number of rotatable bonds is 1. The first kappa shape index (κ1) is 14.6. The number of hydrogen-bond donors (Lipinski definition) is 1. The monoisotopic (exact) mass is 271 g/mol. The molecule has 1 N–H and O–H groups in total. The molecule has 0 radical (unpaired) electrons. The number of aliphatic hydroxyl groups excluding tert-OH is 1. The standard InChI is InChI=1S/C14H25NO4/c1-14(2,3)19-13(17)15-8-4-5-10-6-7-11(9-16)18-12(10)15/h10-12,16H,4-9H2,1-3H3/t10-,11-,12+/m1/s1. The van der Waals surface area contributed by atoms with Gasteiger partial charge in [-0.3, -0.25) is 4.90 Å². The predicted octanol–water partition coefficient (Wildman–Crippen LogP) is 2.13. The van der Waals surface area contributed by atoms with E-state index >= 15 is 0 Å². The fourth-order valence-electron chi connectivity index (χ4n) is 2.83. The average molecular weight is 271 g/mol. The first-order valence-electron chi connectivity index (χ1n) is 7.16. The lowest BCUT2D eigenvalue weighted by Crippen LogP contribution is -2.54. The van der Waals surface area contributed by atoms with E-state index in [1.165, 1.54) is 0 Å². The van der Waals surface area contributed by atoms with E-state index < -0.39 is 5.60 Å². The number of nitrogens with zero attached hydrogens (tertiary/aromatic N) is 1. The number of amides is 1. The largest absolute Gasteiger partial charge is 0.444 e. The molecule has 2 aliphatic heterocycles. The van der Waals surface area contributed by atoms with E-state index in [1.54, 1.807) is 4.90 Å². The van der Waals surface area contributed by atoms with Gasteiger partial charge in [-0.25, -0.2) is 4.79 Å². The van der Waals surface area contributed by atoms with Crippen molar-refractivity contribution in [3.05, 3.63) is 0 Å². The molecule has 0 bridgehead atoms. The summed E-state index contributed by atoms with van der Waals surface area (Å²) < 4.78 is 11.3. The van der Waals surface area contributed by atoms with Crippen molar-refractivity contribution in [3.8, 4) is 0 Å². The number of likely N-dealkylation sites (tertiary alicyclic amines) is 1. The van der Waals surface area contributed by atoms with Gasteiger partial charge in [0.1, 0.15) is 11.8 Å². The molecule has 5 heteroatoms. The molecule has 2 fully saturated rings. The van der Waals surface area contributed by atoms with Crippen LogP contribution in [0.1, 0.15) is 46.5 Å². The van der Waals surface area contributed by atoms with Crippen molar-refractivity contribution in [1.29, 1.82) is 0 Å². The van der Waals surface area contributed by atoms with Crippen LogP contribution in [0, 0.1) is 5.92 Å². The van der Waals surface area contributed by atoms with Gasteiger partial charge in [-0.1, -0.05) is 0 Å². The third kappa shape index (κ3) is 3.60. The zero-order valence-corrected chi connectivity index (χ0v) is 12.1. The van der Waals surface area contributed by atoms with Crippen molar-refractivity contribution in [2.45, 2.75) is 64.4 Å². The maximum Gasteiger partial charge on any atom is 0.412 e. The minimum absolute atomic E-state index is 0.0192. The van der Waals surface area contributed by atoms with Crippen LogP contribution in [0.25, 0.3) is 0 Å². The van der Waals surface area contributed by atoms with Crippen molar-refractivity contribution < 1.29 is 19.4 Å². The van der Waals surface area contributed by atoms with Gasteiger partial charge >= 0.3 is 6.09 Å². The molecule has 2 rings (SSSR count). The number of piperidine rings is 1. The summed E-state index contributed by atoms with van der Waals surface area (Å²) >= 11 is 0. The molecule has 0 aromatic heterocycles. The van der Waals surface area contributed by atoms with E-state index in [1.807, 2.05) is 20.8 Å². The fourth-order valence-corrected chi connectivity index (χ4v) is 2.83. The Bertz CT molecular complexity index is 326. The van der Waals surface area contributed by atoms with Gasteiger partial charge in [-0.05, 0) is 46.5 Å². The summed E-state index contributed by atoms with van der Waals surface area (Å²) in [6.45, 7) is 6.29. The Kier molecular flexibility index (Phi) is 4.36. The van der Waals surface area contributed by atoms with Crippen LogP contribution in [-0.2, 0) is 9.47 Å². The maximum atomic E-state index is 12.2. The molecule has 19 heavy (non-hydrogen) atoms. The summed E-state index contributed by atoms with van der Waals surface area (Å²) in [4.78, 5) is 13.9. The molecule has 5 nitrogen and oxygen atoms in total. The summed E-state index contributed by atoms with van der Waals surface area (Å²) in [5.41, 5.74) is -0.491. The highest BCUT2D eigenvalue weighted by Gasteiger charge is 2.41. The topological polar surface area (TPSA) is 59.0 Å². The molecule has 3 atom stereocenters. The highest BCUT2D eigenvalue weighted by Crippen LogP contribution is 2.34. The van der Waals surface area contributed by atoms with E-state index in [-0.39, 0.29) is 25.0 Å². The van der Waals surface area contributed by atoms with Crippen molar-refractivity contribution in [2.75, 3.05) is 13.2 Å². The molecule has 0 spiro atoms. The highest BCUT2D eigenvalue weighted by molar-refractivity contribution is 5.68. The molecule has 0 aromatic carbocycles. The molecule has 1 amide bonds. The van der Waals surface area contributed by atoms with Gasteiger partial charge in [-0.2, -0.15) is 0 Å². The van der Waals surface area contributed by atoms with E-state index in [0.717, 1.165) is 25.7 Å². The van der Waals surface area contributed by atoms with Crippen LogP contribution >= 0.6 is 0 Å². The van der Waals surface area contributed by atoms with Crippen LogP contribution in [0.5, 0.6) is 0 Å². The molecule has 2 aliphatic rings. The van der Waals surface area contributed by atoms with Crippen molar-refractivity contribution in [1.82, 2.24) is 4.90 Å². The number of aliphatic hydroxyl groups is 1. The first-order chi connectivity index (χ1) is 8.90. The minimum Gasteiger partial charge on any atom is -0.444 e. The van der Waals surface area contributed by atoms with Crippen molar-refractivity contribution in [2.24, 2.45) is 5.92 Å². The van der Waals surface area contributed by atoms with E-state index in [9.17, 15) is 9.90 Å². The third-order valence-corrected chi connectivity index (χ3v) is 3.71. The Morgan fingerprint density at radius 3 is 2.74 bits per heavy atom. The lowest BCUT2D eigenvalue weighted by molar-refractivity contribution is -0.176. The molecule has 0 aliphatic carbocycles. The molecular weight excluding hydrogens is 246 g/mol. The lowest BCUT2D eigenvalue weighted by Gasteiger charge is -2.45. The van der Waals surface area contributed by atoms with Gasteiger partial charge in [0.2, 0.25) is 0 Å². The predicted molar refractivity (Wildman–Crippen MR) is 70.6 cm³/mol. The Hall–Kier alpha value is -0.810. The number of carbonyl (C=O) groups excluding carboxylic acids is 1. The third-order valence-electron chi connectivity index (χ3n) is 3.71. The zero-order valence-electron chi connectivity index (χ0n) is 12.1. The second-order valence-electron chi connectivity index (χ2n) is 6.48. The minimum atomic E-state index is -0.491. The summed E-state index contributed by atoms with van der Waals surface area (Å²) in [7, 11) is 0. The van der Waals surface area contributed by atoms with E-state index in [2.05, 4.69) is 0 Å². The normalized spacial score (nSPS) is 31.8. The SMILES string of the molecule is CC(C)(C)OC(=O)N1CCC[C@@H]2CC[C@H](CO)O[C@@H]21. The van der Waals surface area contributed by atoms with Gasteiger partial charge in [0, 0.05) is 12.5 Å². The fraction of sp³-hybridized carbons (Fsp3) is 0.929. The number of hydrogen-bond acceptors (Lipinski definition) is 4. The Labute approximate surface area is 114 Å². The van der Waals surface area contributed by atoms with Gasteiger partial charge in [0.05, 0.1) is 12.7 Å². The lowest BCUT2D eigenvalue weighted by atomic mass is 9.88. The van der Waals surface area contributed by atoms with E-state index in [0.29, 0.717) is 12.5 Å². The molecule has 110 valence electrons. The molecule has 0 saturated carbocycles. The van der Waals surface area contributed by atoms with Crippen LogP contribution in [0.4, 0.5) is 4.79 Å². The van der Waals surface area contributed by atoms with Gasteiger partial charge in [0.25, 0.3) is 0 Å². The van der Waals surface area contributed by atoms with Crippen LogP contribution in [0.3, 0.4) is 0 Å². The summed E-state index contributed by atoms with van der Waals surface area (Å²) in [6, 6.07) is 0. The number of carbonyl (C=O) groups is 1. The maximum absolute atomic E-state index is 12.2. The van der Waals surface area contributed by atoms with Crippen LogP contribution in [-0.4, -0.2) is 47.2 Å². The molecule has 0 aromatic rings. The second kappa shape index (κ2) is 5.67. The summed E-state index contributed by atoms with van der Waals surface area (Å²) in [6.07, 6.45) is 3.28. The Morgan fingerprint density at radius 2 is 2.11 bits per heavy atom. The zero-order chi connectivity index (χ0) is 14.0. The second-order valence-corrected chi connectivity index (χ2v) is 6.48. The van der Waals surface area contributed by atoms with Crippen molar-refractivity contribution in [3.63, 3.8) is 0 Å². The average Bonchev–Trinajstić information content (AvgIpc) is 2.35. The van der Waals surface area contributed by atoms with Gasteiger partial charge < -0.3 is 14.6 Å². The molecule has 0 unspecified atom stereocenters. The summed E-state index contributed by atoms with van der Waals surface area (Å²) in [5.74, 6) is 0.379. The molecular formula is C14H25NO4. The van der Waals surface area contributed by atoms with Gasteiger partial charge in [0.15, 0.2) is 0 Å². The van der Waals surface area contributed by atoms with Crippen LogP contribution < -0.4 is 0 Å². The number of ether oxygens (including phenoxy) is 2. The summed E-state index contributed by atoms with van der Waals surface area (Å²) in [5, 5.41) is 9.23. The Balaban J connectivity index is 2.04. The smallest absolute Gasteiger partial charge is 0.412 e. The molecule has 2 saturated heterocycles. The van der Waals surface area contributed by atoms with E-state index in [4.69, 9.17) is 9.47 Å². The highest BCUT2D eigenvalue weighted by atomic mass is 16.6. The number of fused-ring (bicyclic) bond motifs is 1. The first-order valence-corrected chi connectivity index (χ1v) is 7.16. The van der Waals surface area contributed by atoms with Crippen LogP contribution in [0.2, 0.25) is 0 Å². The van der Waals surface area contributed by atoms with Crippen molar-refractivity contribution >= 4 is 6.09 Å². The Morgan fingerprint density at radius 1 is 1.37 bits per heavy atom. The quantitative estimate of drug-likeness (QED) is 0.793. The molecule has 2 heterocycles. The van der Waals surface area contributed by atoms with Crippen LogP contribution in [0.15, 0.2) is 0 Å².